The van der Waals surface area contributed by atoms with Gasteiger partial charge in [0.25, 0.3) is 0 Å². The van der Waals surface area contributed by atoms with Gasteiger partial charge in [-0.3, -0.25) is 0 Å². The molecule has 1 rings (SSSR count). The van der Waals surface area contributed by atoms with E-state index in [9.17, 15) is 9.90 Å². The Balaban J connectivity index is 2.79. The molecule has 0 aromatic rings. The minimum Gasteiger partial charge on any atom is -0.444 e. The number of likely N-dealkylation sites (tertiary alicyclic amines) is 1. The molecule has 1 saturated heterocycles. The van der Waals surface area contributed by atoms with Gasteiger partial charge in [-0.1, -0.05) is 29.8 Å². The third-order valence-corrected chi connectivity index (χ3v) is 3.59. The van der Waals surface area contributed by atoms with Crippen molar-refractivity contribution in [2.45, 2.75) is 57.2 Å². The zero-order chi connectivity index (χ0) is 13.4. The van der Waals surface area contributed by atoms with Crippen molar-refractivity contribution in [3.05, 3.63) is 0 Å². The fourth-order valence-corrected chi connectivity index (χ4v) is 2.71. The van der Waals surface area contributed by atoms with E-state index in [2.05, 4.69) is 15.9 Å². The van der Waals surface area contributed by atoms with E-state index in [1.54, 1.807) is 4.90 Å². The van der Waals surface area contributed by atoms with Gasteiger partial charge >= 0.3 is 6.09 Å². The summed E-state index contributed by atoms with van der Waals surface area (Å²) in [7, 11) is 0. The van der Waals surface area contributed by atoms with Crippen LogP contribution >= 0.6 is 15.9 Å². The van der Waals surface area contributed by atoms with Crippen LogP contribution in [0.3, 0.4) is 0 Å². The summed E-state index contributed by atoms with van der Waals surface area (Å²) >= 11 is 3.40. The highest BCUT2D eigenvalue weighted by Gasteiger charge is 2.44. The predicted molar refractivity (Wildman–Crippen MR) is 70.3 cm³/mol. The first-order valence-corrected chi connectivity index (χ1v) is 6.87. The lowest BCUT2D eigenvalue weighted by Crippen LogP contribution is -2.45. The molecule has 0 aliphatic carbocycles. The van der Waals surface area contributed by atoms with Crippen molar-refractivity contribution in [3.8, 4) is 0 Å². The Morgan fingerprint density at radius 3 is 2.41 bits per heavy atom. The number of amides is 1. The minimum atomic E-state index is -0.539. The molecule has 1 aliphatic heterocycles. The fraction of sp³-hybridized carbons (Fsp3) is 0.917. The van der Waals surface area contributed by atoms with Crippen LogP contribution in [0, 0.1) is 5.92 Å². The van der Waals surface area contributed by atoms with Crippen molar-refractivity contribution in [3.63, 3.8) is 0 Å². The molecular formula is C12H22BrNO3. The van der Waals surface area contributed by atoms with Gasteiger partial charge in [0.05, 0.1) is 17.0 Å². The Hall–Kier alpha value is -0.290. The Labute approximate surface area is 111 Å². The molecule has 0 aromatic carbocycles. The van der Waals surface area contributed by atoms with E-state index in [1.165, 1.54) is 0 Å². The molecule has 1 fully saturated rings. The topological polar surface area (TPSA) is 49.8 Å². The number of aliphatic hydroxyl groups is 1. The van der Waals surface area contributed by atoms with Crippen LogP contribution in [-0.2, 0) is 4.74 Å². The number of hydrogen-bond donors (Lipinski definition) is 1. The number of halogens is 1. The summed E-state index contributed by atoms with van der Waals surface area (Å²) in [6.07, 6.45) is -0.889. The van der Waals surface area contributed by atoms with Crippen LogP contribution in [0.5, 0.6) is 0 Å². The third-order valence-electron chi connectivity index (χ3n) is 2.76. The number of carbonyl (C=O) groups excluding carboxylic acids is 1. The first-order valence-electron chi connectivity index (χ1n) is 5.95. The summed E-state index contributed by atoms with van der Waals surface area (Å²) < 4.78 is 5.35. The van der Waals surface area contributed by atoms with Crippen LogP contribution in [-0.4, -0.2) is 45.2 Å². The zero-order valence-corrected chi connectivity index (χ0v) is 12.7. The molecule has 5 heteroatoms. The van der Waals surface area contributed by atoms with Crippen molar-refractivity contribution in [1.82, 2.24) is 4.90 Å². The van der Waals surface area contributed by atoms with E-state index in [1.807, 2.05) is 34.6 Å². The van der Waals surface area contributed by atoms with Crippen LogP contribution in [0.15, 0.2) is 0 Å². The molecule has 3 atom stereocenters. The van der Waals surface area contributed by atoms with Crippen LogP contribution in [0.25, 0.3) is 0 Å². The van der Waals surface area contributed by atoms with Crippen molar-refractivity contribution in [2.24, 2.45) is 5.92 Å². The molecule has 1 heterocycles. The first-order chi connectivity index (χ1) is 7.63. The first kappa shape index (κ1) is 14.8. The second-order valence-corrected chi connectivity index (χ2v) is 7.05. The van der Waals surface area contributed by atoms with Crippen LogP contribution in [0.2, 0.25) is 0 Å². The SMILES string of the molecule is CC(C)[C@H]1C(O)C(Br)CN1C(=O)OC(C)(C)C. The molecule has 0 spiro atoms. The molecule has 1 amide bonds. The van der Waals surface area contributed by atoms with Gasteiger partial charge in [-0.05, 0) is 26.7 Å². The van der Waals surface area contributed by atoms with Gasteiger partial charge in [0.15, 0.2) is 0 Å². The lowest BCUT2D eigenvalue weighted by molar-refractivity contribution is 0.00900. The maximum atomic E-state index is 12.0. The van der Waals surface area contributed by atoms with Gasteiger partial charge < -0.3 is 14.7 Å². The number of carbonyl (C=O) groups is 1. The Kier molecular flexibility index (Phi) is 4.47. The highest BCUT2D eigenvalue weighted by atomic mass is 79.9. The molecule has 1 N–H and O–H groups in total. The zero-order valence-electron chi connectivity index (χ0n) is 11.1. The van der Waals surface area contributed by atoms with Gasteiger partial charge in [-0.15, -0.1) is 0 Å². The van der Waals surface area contributed by atoms with Crippen molar-refractivity contribution in [2.75, 3.05) is 6.54 Å². The molecule has 0 radical (unpaired) electrons. The summed E-state index contributed by atoms with van der Waals surface area (Å²) in [5.74, 6) is 0.195. The van der Waals surface area contributed by atoms with Gasteiger partial charge in [-0.25, -0.2) is 4.79 Å². The molecule has 0 aromatic heterocycles. The van der Waals surface area contributed by atoms with E-state index >= 15 is 0 Å². The highest BCUT2D eigenvalue weighted by molar-refractivity contribution is 9.09. The summed E-state index contributed by atoms with van der Waals surface area (Å²) in [6.45, 7) is 10.00. The molecular weight excluding hydrogens is 286 g/mol. The fourth-order valence-electron chi connectivity index (χ4n) is 2.09. The summed E-state index contributed by atoms with van der Waals surface area (Å²) in [5, 5.41) is 10.0. The average molecular weight is 308 g/mol. The predicted octanol–water partition coefficient (Wildman–Crippen LogP) is 2.39. The maximum absolute atomic E-state index is 12.0. The van der Waals surface area contributed by atoms with E-state index < -0.39 is 11.7 Å². The normalized spacial score (nSPS) is 29.9. The van der Waals surface area contributed by atoms with Crippen molar-refractivity contribution in [1.29, 1.82) is 0 Å². The largest absolute Gasteiger partial charge is 0.444 e. The molecule has 0 saturated carbocycles. The lowest BCUT2D eigenvalue weighted by atomic mass is 10.00. The molecule has 17 heavy (non-hydrogen) atoms. The molecule has 0 bridgehead atoms. The number of ether oxygens (including phenoxy) is 1. The van der Waals surface area contributed by atoms with E-state index in [4.69, 9.17) is 4.74 Å². The third kappa shape index (κ3) is 3.58. The van der Waals surface area contributed by atoms with Crippen molar-refractivity contribution < 1.29 is 14.6 Å². The summed E-state index contributed by atoms with van der Waals surface area (Å²) in [4.78, 5) is 13.6. The van der Waals surface area contributed by atoms with Gasteiger partial charge in [0, 0.05) is 6.54 Å². The van der Waals surface area contributed by atoms with Crippen molar-refractivity contribution >= 4 is 22.0 Å². The number of aliphatic hydroxyl groups excluding tert-OH is 1. The average Bonchev–Trinajstić information content (AvgIpc) is 2.40. The Morgan fingerprint density at radius 1 is 1.47 bits per heavy atom. The number of alkyl halides is 1. The second kappa shape index (κ2) is 5.14. The van der Waals surface area contributed by atoms with E-state index in [-0.39, 0.29) is 22.9 Å². The molecule has 4 nitrogen and oxygen atoms in total. The molecule has 100 valence electrons. The number of rotatable bonds is 1. The molecule has 2 unspecified atom stereocenters. The number of nitrogens with zero attached hydrogens (tertiary/aromatic N) is 1. The van der Waals surface area contributed by atoms with Crippen LogP contribution in [0.1, 0.15) is 34.6 Å². The van der Waals surface area contributed by atoms with E-state index in [0.29, 0.717) is 6.54 Å². The Bertz CT molecular complexity index is 288. The summed E-state index contributed by atoms with van der Waals surface area (Å²) in [5.41, 5.74) is -0.506. The second-order valence-electron chi connectivity index (χ2n) is 5.87. The van der Waals surface area contributed by atoms with Crippen LogP contribution in [0.4, 0.5) is 4.79 Å². The Morgan fingerprint density at radius 2 is 2.00 bits per heavy atom. The number of hydrogen-bond acceptors (Lipinski definition) is 3. The standard InChI is InChI=1S/C12H22BrNO3/c1-7(2)9-10(15)8(13)6-14(9)11(16)17-12(3,4)5/h7-10,15H,6H2,1-5H3/t8?,9-,10?/m0/s1. The molecule has 1 aliphatic rings. The van der Waals surface area contributed by atoms with Crippen LogP contribution < -0.4 is 0 Å². The monoisotopic (exact) mass is 307 g/mol. The highest BCUT2D eigenvalue weighted by Crippen LogP contribution is 2.30. The maximum Gasteiger partial charge on any atom is 0.410 e. The minimum absolute atomic E-state index is 0.0811. The van der Waals surface area contributed by atoms with E-state index in [0.717, 1.165) is 0 Å². The quantitative estimate of drug-likeness (QED) is 0.757. The smallest absolute Gasteiger partial charge is 0.410 e. The van der Waals surface area contributed by atoms with Gasteiger partial charge in [0.2, 0.25) is 0 Å². The van der Waals surface area contributed by atoms with Gasteiger partial charge in [0.1, 0.15) is 5.60 Å². The van der Waals surface area contributed by atoms with Gasteiger partial charge in [-0.2, -0.15) is 0 Å². The lowest BCUT2D eigenvalue weighted by Gasteiger charge is -2.31. The summed E-state index contributed by atoms with van der Waals surface area (Å²) in [6, 6.07) is -0.186.